The molecule has 0 spiro atoms. The van der Waals surface area contributed by atoms with E-state index in [1.807, 2.05) is 0 Å². The van der Waals surface area contributed by atoms with Crippen LogP contribution in [-0.2, 0) is 14.6 Å². The number of amides is 1. The summed E-state index contributed by atoms with van der Waals surface area (Å²) in [5, 5.41) is 8.93. The molecule has 0 radical (unpaired) electrons. The first-order valence-electron chi connectivity index (χ1n) is 4.11. The molecule has 84 valence electrons. The third-order valence-electron chi connectivity index (χ3n) is 1.53. The minimum absolute atomic E-state index is 0.0608. The third-order valence-corrected chi connectivity index (χ3v) is 2.33. The largest absolute Gasteiger partial charge is 0.410 e. The van der Waals surface area contributed by atoms with E-state index in [0.717, 1.165) is 6.26 Å². The predicted molar refractivity (Wildman–Crippen MR) is 49.6 cm³/mol. The molecular weight excluding hydrogens is 222 g/mol. The lowest BCUT2D eigenvalue weighted by atomic mass is 10.3. The molecule has 8 heteroatoms. The van der Waals surface area contributed by atoms with Gasteiger partial charge in [-0.05, 0) is 6.92 Å². The zero-order valence-electron chi connectivity index (χ0n) is 8.51. The summed E-state index contributed by atoms with van der Waals surface area (Å²) in [5.74, 6) is -0.202. The fourth-order valence-corrected chi connectivity index (χ4v) is 1.34. The first-order valence-corrected chi connectivity index (χ1v) is 6.00. The summed E-state index contributed by atoms with van der Waals surface area (Å²) in [7, 11) is -3.50. The van der Waals surface area contributed by atoms with Crippen LogP contribution in [0.5, 0.6) is 0 Å². The van der Waals surface area contributed by atoms with E-state index < -0.39 is 21.1 Å². The van der Waals surface area contributed by atoms with Crippen molar-refractivity contribution >= 4 is 15.7 Å². The fraction of sp³-hybridized carbons (Fsp3) is 0.571. The van der Waals surface area contributed by atoms with E-state index in [0.29, 0.717) is 0 Å². The van der Waals surface area contributed by atoms with Gasteiger partial charge in [0.2, 0.25) is 21.6 Å². The Kier molecular flexibility index (Phi) is 3.08. The summed E-state index contributed by atoms with van der Waals surface area (Å²) >= 11 is 0. The van der Waals surface area contributed by atoms with Crippen molar-refractivity contribution in [1.82, 2.24) is 15.5 Å². The van der Waals surface area contributed by atoms with Crippen LogP contribution in [0.2, 0.25) is 0 Å². The molecule has 15 heavy (non-hydrogen) atoms. The molecule has 0 saturated heterocycles. The Morgan fingerprint density at radius 1 is 1.47 bits per heavy atom. The van der Waals surface area contributed by atoms with Crippen LogP contribution in [0.25, 0.3) is 0 Å². The lowest BCUT2D eigenvalue weighted by Crippen LogP contribution is -2.23. The number of carbonyl (C=O) groups is 1. The van der Waals surface area contributed by atoms with Crippen LogP contribution in [0.4, 0.5) is 0 Å². The van der Waals surface area contributed by atoms with E-state index in [-0.39, 0.29) is 11.8 Å². The lowest BCUT2D eigenvalue weighted by molar-refractivity contribution is -0.119. The highest BCUT2D eigenvalue weighted by molar-refractivity contribution is 7.90. The number of carbonyl (C=O) groups excluding carboxylic acids is 1. The summed E-state index contributed by atoms with van der Waals surface area (Å²) < 4.78 is 26.9. The lowest BCUT2D eigenvalue weighted by Gasteiger charge is -2.05. The SMILES string of the molecule is CC(=O)N[C@@H](C)c1nnc(S(C)(=O)=O)o1. The molecular formula is C7H11N3O4S. The molecule has 1 atom stereocenters. The molecule has 0 aromatic carbocycles. The Labute approximate surface area is 86.8 Å². The van der Waals surface area contributed by atoms with Crippen molar-refractivity contribution in [2.24, 2.45) is 0 Å². The number of aromatic nitrogens is 2. The second kappa shape index (κ2) is 3.97. The molecule has 0 aliphatic rings. The maximum absolute atomic E-state index is 11.0. The second-order valence-corrected chi connectivity index (χ2v) is 4.99. The quantitative estimate of drug-likeness (QED) is 0.766. The normalized spacial score (nSPS) is 13.5. The number of sulfone groups is 1. The van der Waals surface area contributed by atoms with Gasteiger partial charge in [0.05, 0.1) is 0 Å². The molecule has 1 rings (SSSR count). The number of rotatable bonds is 3. The van der Waals surface area contributed by atoms with Crippen LogP contribution in [0, 0.1) is 0 Å². The van der Waals surface area contributed by atoms with Gasteiger partial charge in [0.25, 0.3) is 0 Å². The van der Waals surface area contributed by atoms with Crippen LogP contribution < -0.4 is 5.32 Å². The summed E-state index contributed by atoms with van der Waals surface area (Å²) in [6.45, 7) is 2.95. The zero-order valence-corrected chi connectivity index (χ0v) is 9.33. The van der Waals surface area contributed by atoms with Crippen LogP contribution in [0.15, 0.2) is 9.64 Å². The Bertz CT molecular complexity index is 464. The molecule has 0 aliphatic carbocycles. The Morgan fingerprint density at radius 3 is 2.47 bits per heavy atom. The Balaban J connectivity index is 2.90. The molecule has 0 bridgehead atoms. The maximum atomic E-state index is 11.0. The Morgan fingerprint density at radius 2 is 2.07 bits per heavy atom. The topological polar surface area (TPSA) is 102 Å². The van der Waals surface area contributed by atoms with Crippen molar-refractivity contribution in [1.29, 1.82) is 0 Å². The van der Waals surface area contributed by atoms with Crippen molar-refractivity contribution in [2.75, 3.05) is 6.26 Å². The monoisotopic (exact) mass is 233 g/mol. The molecule has 0 fully saturated rings. The molecule has 1 aromatic heterocycles. The second-order valence-electron chi connectivity index (χ2n) is 3.10. The predicted octanol–water partition coefficient (Wildman–Crippen LogP) is -0.330. The Hall–Kier alpha value is -1.44. The van der Waals surface area contributed by atoms with E-state index in [9.17, 15) is 13.2 Å². The first-order chi connectivity index (χ1) is 6.80. The van der Waals surface area contributed by atoms with Crippen LogP contribution >= 0.6 is 0 Å². The molecule has 0 aliphatic heterocycles. The van der Waals surface area contributed by atoms with Gasteiger partial charge in [-0.15, -0.1) is 5.10 Å². The fourth-order valence-electron chi connectivity index (χ4n) is 0.912. The van der Waals surface area contributed by atoms with Gasteiger partial charge < -0.3 is 9.73 Å². The van der Waals surface area contributed by atoms with Gasteiger partial charge in [0.15, 0.2) is 0 Å². The van der Waals surface area contributed by atoms with E-state index in [4.69, 9.17) is 4.42 Å². The van der Waals surface area contributed by atoms with Crippen LogP contribution in [0.3, 0.4) is 0 Å². The maximum Gasteiger partial charge on any atom is 0.335 e. The molecule has 1 amide bonds. The van der Waals surface area contributed by atoms with E-state index in [1.165, 1.54) is 6.92 Å². The standard InChI is InChI=1S/C7H11N3O4S/c1-4(8-5(2)11)6-9-10-7(14-6)15(3,12)13/h4H,1-3H3,(H,8,11)/t4-/m0/s1. The minimum Gasteiger partial charge on any atom is -0.410 e. The third kappa shape index (κ3) is 3.01. The van der Waals surface area contributed by atoms with Gasteiger partial charge in [0, 0.05) is 13.2 Å². The number of hydrogen-bond donors (Lipinski definition) is 1. The van der Waals surface area contributed by atoms with Gasteiger partial charge in [-0.1, -0.05) is 5.10 Å². The molecule has 7 nitrogen and oxygen atoms in total. The van der Waals surface area contributed by atoms with Crippen LogP contribution in [0.1, 0.15) is 25.8 Å². The van der Waals surface area contributed by atoms with Gasteiger partial charge in [-0.25, -0.2) is 8.42 Å². The summed E-state index contributed by atoms with van der Waals surface area (Å²) in [4.78, 5) is 10.7. The summed E-state index contributed by atoms with van der Waals surface area (Å²) in [6, 6.07) is -0.509. The average molecular weight is 233 g/mol. The van der Waals surface area contributed by atoms with Gasteiger partial charge in [-0.2, -0.15) is 0 Å². The van der Waals surface area contributed by atoms with E-state index in [1.54, 1.807) is 6.92 Å². The molecule has 1 aromatic rings. The molecule has 0 saturated carbocycles. The van der Waals surface area contributed by atoms with Gasteiger partial charge >= 0.3 is 5.22 Å². The average Bonchev–Trinajstić information content (AvgIpc) is 2.48. The molecule has 1 heterocycles. The highest BCUT2D eigenvalue weighted by Gasteiger charge is 2.20. The van der Waals surface area contributed by atoms with Crippen molar-refractivity contribution in [3.63, 3.8) is 0 Å². The molecule has 1 N–H and O–H groups in total. The molecule has 0 unspecified atom stereocenters. The van der Waals surface area contributed by atoms with E-state index >= 15 is 0 Å². The van der Waals surface area contributed by atoms with Crippen LogP contribution in [-0.4, -0.2) is 30.8 Å². The number of hydrogen-bond acceptors (Lipinski definition) is 6. The van der Waals surface area contributed by atoms with Gasteiger partial charge in [0.1, 0.15) is 6.04 Å². The summed E-state index contributed by atoms with van der Waals surface area (Å²) in [6.07, 6.45) is 0.966. The van der Waals surface area contributed by atoms with Crippen molar-refractivity contribution in [2.45, 2.75) is 25.1 Å². The first kappa shape index (κ1) is 11.6. The number of nitrogens with zero attached hydrogens (tertiary/aromatic N) is 2. The van der Waals surface area contributed by atoms with E-state index in [2.05, 4.69) is 15.5 Å². The smallest absolute Gasteiger partial charge is 0.335 e. The highest BCUT2D eigenvalue weighted by Crippen LogP contribution is 2.13. The van der Waals surface area contributed by atoms with Crippen molar-refractivity contribution < 1.29 is 17.6 Å². The van der Waals surface area contributed by atoms with Gasteiger partial charge in [-0.3, -0.25) is 4.79 Å². The van der Waals surface area contributed by atoms with Crippen molar-refractivity contribution in [3.8, 4) is 0 Å². The highest BCUT2D eigenvalue weighted by atomic mass is 32.2. The zero-order chi connectivity index (χ0) is 11.6. The minimum atomic E-state index is -3.50. The number of nitrogens with one attached hydrogen (secondary N) is 1. The van der Waals surface area contributed by atoms with Crippen molar-refractivity contribution in [3.05, 3.63) is 5.89 Å². The summed E-state index contributed by atoms with van der Waals surface area (Å²) in [5.41, 5.74) is 0.